The molecule has 1 fully saturated rings. The van der Waals surface area contributed by atoms with Gasteiger partial charge in [-0.2, -0.15) is 13.2 Å². The predicted molar refractivity (Wildman–Crippen MR) is 95.8 cm³/mol. The fraction of sp³-hybridized carbons (Fsp3) is 0.429. The van der Waals surface area contributed by atoms with Crippen molar-refractivity contribution in [2.45, 2.75) is 43.0 Å². The fourth-order valence-corrected chi connectivity index (χ4v) is 4.35. The summed E-state index contributed by atoms with van der Waals surface area (Å²) in [5.74, 6) is 0.0536. The summed E-state index contributed by atoms with van der Waals surface area (Å²) in [5, 5.41) is 13.4. The largest absolute Gasteiger partial charge is 0.492 e. The van der Waals surface area contributed by atoms with Crippen molar-refractivity contribution in [1.29, 1.82) is 0 Å². The zero-order chi connectivity index (χ0) is 20.2. The van der Waals surface area contributed by atoms with Gasteiger partial charge in [-0.25, -0.2) is 4.39 Å². The summed E-state index contributed by atoms with van der Waals surface area (Å²) in [7, 11) is 0. The molecule has 28 heavy (non-hydrogen) atoms. The maximum atomic E-state index is 13.3. The number of benzene rings is 2. The molecule has 1 saturated heterocycles. The van der Waals surface area contributed by atoms with Crippen LogP contribution in [0.1, 0.15) is 30.0 Å². The summed E-state index contributed by atoms with van der Waals surface area (Å²) in [6.07, 6.45) is -3.38. The average Bonchev–Trinajstić information content (AvgIpc) is 3.06. The summed E-state index contributed by atoms with van der Waals surface area (Å²) in [6, 6.07) is 10.6. The first-order chi connectivity index (χ1) is 13.1. The Morgan fingerprint density at radius 3 is 2.57 bits per heavy atom. The molecule has 3 atom stereocenters. The zero-order valence-electron chi connectivity index (χ0n) is 15.3. The van der Waals surface area contributed by atoms with Crippen molar-refractivity contribution < 1.29 is 27.4 Å². The first kappa shape index (κ1) is 19.2. The van der Waals surface area contributed by atoms with Gasteiger partial charge in [0.1, 0.15) is 18.2 Å². The van der Waals surface area contributed by atoms with Gasteiger partial charge in [0.25, 0.3) is 0 Å². The van der Waals surface area contributed by atoms with E-state index in [-0.39, 0.29) is 22.8 Å². The number of fused-ring (bicyclic) bond motifs is 3. The molecular weight excluding hydrogens is 374 g/mol. The Balaban J connectivity index is 1.76. The lowest BCUT2D eigenvalue weighted by molar-refractivity contribution is -0.258. The van der Waals surface area contributed by atoms with E-state index in [4.69, 9.17) is 4.74 Å². The van der Waals surface area contributed by atoms with Crippen molar-refractivity contribution in [2.24, 2.45) is 0 Å². The SMILES string of the molecule is CC(O)(c1ccc2c(c1)OCC1NCCC21Cc1ccc(F)cc1)C(F)(F)F. The molecule has 0 amide bonds. The molecule has 7 heteroatoms. The van der Waals surface area contributed by atoms with Gasteiger partial charge < -0.3 is 15.2 Å². The van der Waals surface area contributed by atoms with Crippen LogP contribution in [0.15, 0.2) is 42.5 Å². The number of hydrogen-bond acceptors (Lipinski definition) is 3. The van der Waals surface area contributed by atoms with Gasteiger partial charge >= 0.3 is 6.18 Å². The van der Waals surface area contributed by atoms with E-state index < -0.39 is 11.8 Å². The van der Waals surface area contributed by atoms with E-state index in [0.717, 1.165) is 31.0 Å². The minimum absolute atomic E-state index is 0.0130. The summed E-state index contributed by atoms with van der Waals surface area (Å²) in [4.78, 5) is 0. The van der Waals surface area contributed by atoms with Crippen LogP contribution in [0.3, 0.4) is 0 Å². The molecular formula is C21H21F4NO2. The molecule has 0 saturated carbocycles. The molecule has 0 radical (unpaired) electrons. The van der Waals surface area contributed by atoms with Gasteiger partial charge in [0.05, 0.1) is 6.04 Å². The molecule has 2 aromatic rings. The van der Waals surface area contributed by atoms with Gasteiger partial charge in [0.15, 0.2) is 5.60 Å². The van der Waals surface area contributed by atoms with E-state index in [0.29, 0.717) is 18.8 Å². The first-order valence-corrected chi connectivity index (χ1v) is 9.18. The molecule has 0 aromatic heterocycles. The van der Waals surface area contributed by atoms with E-state index in [1.54, 1.807) is 18.2 Å². The summed E-state index contributed by atoms with van der Waals surface area (Å²) in [6.45, 7) is 1.83. The van der Waals surface area contributed by atoms with Crippen molar-refractivity contribution in [1.82, 2.24) is 5.32 Å². The van der Waals surface area contributed by atoms with E-state index >= 15 is 0 Å². The van der Waals surface area contributed by atoms with Crippen LogP contribution < -0.4 is 10.1 Å². The van der Waals surface area contributed by atoms with Crippen LogP contribution in [0.2, 0.25) is 0 Å². The topological polar surface area (TPSA) is 41.5 Å². The molecule has 3 nitrogen and oxygen atoms in total. The summed E-state index contributed by atoms with van der Waals surface area (Å²) in [5.41, 5.74) is -1.79. The average molecular weight is 395 g/mol. The van der Waals surface area contributed by atoms with Crippen LogP contribution >= 0.6 is 0 Å². The highest BCUT2D eigenvalue weighted by molar-refractivity contribution is 5.49. The Labute approximate surface area is 160 Å². The highest BCUT2D eigenvalue weighted by Gasteiger charge is 2.53. The molecule has 0 bridgehead atoms. The number of hydrogen-bond donors (Lipinski definition) is 2. The number of halogens is 4. The Bertz CT molecular complexity index is 879. The molecule has 2 N–H and O–H groups in total. The highest BCUT2D eigenvalue weighted by Crippen LogP contribution is 2.48. The van der Waals surface area contributed by atoms with E-state index in [2.05, 4.69) is 5.32 Å². The van der Waals surface area contributed by atoms with Gasteiger partial charge in [-0.05, 0) is 55.6 Å². The Morgan fingerprint density at radius 1 is 1.18 bits per heavy atom. The Morgan fingerprint density at radius 2 is 1.89 bits per heavy atom. The number of nitrogens with one attached hydrogen (secondary N) is 1. The van der Waals surface area contributed by atoms with Crippen LogP contribution in [0, 0.1) is 5.82 Å². The summed E-state index contributed by atoms with van der Waals surface area (Å²) >= 11 is 0. The second-order valence-electron chi connectivity index (χ2n) is 7.81. The van der Waals surface area contributed by atoms with E-state index in [1.807, 2.05) is 0 Å². The van der Waals surface area contributed by atoms with Gasteiger partial charge in [-0.3, -0.25) is 0 Å². The number of ether oxygens (including phenoxy) is 1. The minimum atomic E-state index is -4.79. The monoisotopic (exact) mass is 395 g/mol. The first-order valence-electron chi connectivity index (χ1n) is 9.18. The van der Waals surface area contributed by atoms with Crippen LogP contribution in [-0.4, -0.2) is 30.5 Å². The van der Waals surface area contributed by atoms with Crippen molar-refractivity contribution in [2.75, 3.05) is 13.2 Å². The minimum Gasteiger partial charge on any atom is -0.492 e. The molecule has 0 aliphatic carbocycles. The highest BCUT2D eigenvalue weighted by atomic mass is 19.4. The fourth-order valence-electron chi connectivity index (χ4n) is 4.35. The molecule has 2 heterocycles. The Hall–Kier alpha value is -2.12. The van der Waals surface area contributed by atoms with Crippen LogP contribution in [0.5, 0.6) is 5.75 Å². The van der Waals surface area contributed by atoms with Gasteiger partial charge in [-0.1, -0.05) is 24.3 Å². The second kappa shape index (κ2) is 6.46. The van der Waals surface area contributed by atoms with Crippen LogP contribution in [-0.2, 0) is 17.4 Å². The van der Waals surface area contributed by atoms with Crippen LogP contribution in [0.25, 0.3) is 0 Å². The molecule has 2 aliphatic rings. The number of aliphatic hydroxyl groups is 1. The molecule has 150 valence electrons. The second-order valence-corrected chi connectivity index (χ2v) is 7.81. The molecule has 4 rings (SSSR count). The van der Waals surface area contributed by atoms with Gasteiger partial charge in [0.2, 0.25) is 0 Å². The quantitative estimate of drug-likeness (QED) is 0.777. The lowest BCUT2D eigenvalue weighted by Gasteiger charge is -2.41. The third-order valence-electron chi connectivity index (χ3n) is 6.10. The third-order valence-corrected chi connectivity index (χ3v) is 6.10. The summed E-state index contributed by atoms with van der Waals surface area (Å²) < 4.78 is 58.7. The van der Waals surface area contributed by atoms with Crippen molar-refractivity contribution in [3.8, 4) is 5.75 Å². The van der Waals surface area contributed by atoms with Gasteiger partial charge in [-0.15, -0.1) is 0 Å². The number of rotatable bonds is 3. The Kier molecular flexibility index (Phi) is 4.43. The molecule has 2 aliphatic heterocycles. The van der Waals surface area contributed by atoms with Crippen molar-refractivity contribution >= 4 is 0 Å². The maximum Gasteiger partial charge on any atom is 0.421 e. The lowest BCUT2D eigenvalue weighted by atomic mass is 9.68. The standard InChI is InChI=1S/C21H21F4NO2/c1-19(27,21(23,24)25)14-4-7-16-17(10-14)28-12-18-20(16,8-9-26-18)11-13-2-5-15(22)6-3-13/h2-7,10,18,26-27H,8-9,11-12H2,1H3. The zero-order valence-corrected chi connectivity index (χ0v) is 15.3. The van der Waals surface area contributed by atoms with E-state index in [1.165, 1.54) is 24.3 Å². The third kappa shape index (κ3) is 2.97. The normalized spacial score (nSPS) is 26.1. The van der Waals surface area contributed by atoms with Crippen LogP contribution in [0.4, 0.5) is 17.6 Å². The molecule has 2 aromatic carbocycles. The maximum absolute atomic E-state index is 13.3. The predicted octanol–water partition coefficient (Wildman–Crippen LogP) is 3.83. The molecule has 0 spiro atoms. The van der Waals surface area contributed by atoms with E-state index in [9.17, 15) is 22.7 Å². The van der Waals surface area contributed by atoms with Gasteiger partial charge in [0, 0.05) is 11.0 Å². The number of alkyl halides is 3. The smallest absolute Gasteiger partial charge is 0.421 e. The lowest BCUT2D eigenvalue weighted by Crippen LogP contribution is -2.49. The van der Waals surface area contributed by atoms with Crippen molar-refractivity contribution in [3.05, 3.63) is 65.0 Å². The molecule has 3 unspecified atom stereocenters. The van der Waals surface area contributed by atoms with Crippen molar-refractivity contribution in [3.63, 3.8) is 0 Å².